The molecule has 3 heterocycles. The predicted molar refractivity (Wildman–Crippen MR) is 138 cm³/mol. The zero-order chi connectivity index (χ0) is 24.4. The molecule has 1 atom stereocenters. The number of hydrogen-bond donors (Lipinski definition) is 1. The van der Waals surface area contributed by atoms with Gasteiger partial charge in [-0.1, -0.05) is 30.8 Å². The summed E-state index contributed by atoms with van der Waals surface area (Å²) in [6.45, 7) is 9.40. The highest BCUT2D eigenvalue weighted by Gasteiger charge is 2.18. The molecular weight excluding hydrogens is 436 g/mol. The zero-order valence-corrected chi connectivity index (χ0v) is 19.8. The lowest BCUT2D eigenvalue weighted by Gasteiger charge is -2.35. The van der Waals surface area contributed by atoms with E-state index in [0.29, 0.717) is 17.5 Å². The first-order valence-corrected chi connectivity index (χ1v) is 11.5. The molecule has 0 amide bonds. The average molecular weight is 463 g/mol. The first-order valence-electron chi connectivity index (χ1n) is 11.5. The molecule has 2 aromatic heterocycles. The standard InChI is InChI=1S/C28H26N6O/c1-18-16-34(10-9-30-18)19(2)20-5-4-6-22(11-20)27-25-13-21(7-8-26(25)32-17-33-27)24-12-23(14-29)28(35-3)31-15-24/h4-8,11-13,15,17-18,30H,2,9-10,16H2,1,3H3. The molecule has 7 nitrogen and oxygen atoms in total. The highest BCUT2D eigenvalue weighted by Crippen LogP contribution is 2.32. The maximum atomic E-state index is 9.46. The minimum atomic E-state index is 0.317. The second-order valence-corrected chi connectivity index (χ2v) is 8.68. The Bertz CT molecular complexity index is 1460. The van der Waals surface area contributed by atoms with E-state index in [1.165, 1.54) is 7.11 Å². The Balaban J connectivity index is 1.55. The molecule has 174 valence electrons. The van der Waals surface area contributed by atoms with Crippen molar-refractivity contribution in [1.29, 1.82) is 5.26 Å². The number of nitriles is 1. The molecule has 5 rings (SSSR count). The Kier molecular flexibility index (Phi) is 6.13. The van der Waals surface area contributed by atoms with Crippen molar-refractivity contribution in [3.05, 3.63) is 78.8 Å². The number of aromatic nitrogens is 3. The van der Waals surface area contributed by atoms with Gasteiger partial charge in [-0.25, -0.2) is 15.0 Å². The highest BCUT2D eigenvalue weighted by atomic mass is 16.5. The van der Waals surface area contributed by atoms with Crippen LogP contribution in [0.5, 0.6) is 5.88 Å². The van der Waals surface area contributed by atoms with Crippen molar-refractivity contribution >= 4 is 16.6 Å². The smallest absolute Gasteiger partial charge is 0.231 e. The number of rotatable bonds is 5. The molecule has 2 aromatic carbocycles. The number of fused-ring (bicyclic) bond motifs is 1. The monoisotopic (exact) mass is 462 g/mol. The SMILES string of the molecule is C=C(c1cccc(-c2ncnc3ccc(-c4cnc(OC)c(C#N)c4)cc23)c1)N1CCNC(C)C1. The van der Waals surface area contributed by atoms with E-state index in [4.69, 9.17) is 4.74 Å². The summed E-state index contributed by atoms with van der Waals surface area (Å²) in [5, 5.41) is 13.9. The first kappa shape index (κ1) is 22.5. The third-order valence-corrected chi connectivity index (χ3v) is 6.35. The van der Waals surface area contributed by atoms with E-state index in [1.54, 1.807) is 18.6 Å². The third kappa shape index (κ3) is 4.44. The van der Waals surface area contributed by atoms with Gasteiger partial charge in [-0.2, -0.15) is 5.26 Å². The Morgan fingerprint density at radius 2 is 2.00 bits per heavy atom. The fraction of sp³-hybridized carbons (Fsp3) is 0.214. The van der Waals surface area contributed by atoms with Crippen LogP contribution >= 0.6 is 0 Å². The minimum Gasteiger partial charge on any atom is -0.480 e. The molecule has 1 unspecified atom stereocenters. The quantitative estimate of drug-likeness (QED) is 0.467. The average Bonchev–Trinajstić information content (AvgIpc) is 2.91. The molecule has 0 saturated carbocycles. The van der Waals surface area contributed by atoms with Gasteiger partial charge in [-0.3, -0.25) is 0 Å². The van der Waals surface area contributed by atoms with E-state index >= 15 is 0 Å². The molecule has 4 aromatic rings. The molecule has 1 aliphatic heterocycles. The lowest BCUT2D eigenvalue weighted by Crippen LogP contribution is -2.48. The van der Waals surface area contributed by atoms with Crippen LogP contribution in [0.2, 0.25) is 0 Å². The maximum absolute atomic E-state index is 9.46. The largest absolute Gasteiger partial charge is 0.480 e. The predicted octanol–water partition coefficient (Wildman–Crippen LogP) is 4.50. The molecule has 1 fully saturated rings. The zero-order valence-electron chi connectivity index (χ0n) is 19.8. The van der Waals surface area contributed by atoms with Gasteiger partial charge >= 0.3 is 0 Å². The van der Waals surface area contributed by atoms with E-state index in [-0.39, 0.29) is 0 Å². The molecule has 35 heavy (non-hydrogen) atoms. The molecule has 0 radical (unpaired) electrons. The van der Waals surface area contributed by atoms with Crippen LogP contribution in [0, 0.1) is 11.3 Å². The number of pyridine rings is 1. The highest BCUT2D eigenvalue weighted by molar-refractivity contribution is 5.95. The number of piperazine rings is 1. The van der Waals surface area contributed by atoms with Crippen molar-refractivity contribution < 1.29 is 4.74 Å². The van der Waals surface area contributed by atoms with E-state index < -0.39 is 0 Å². The normalized spacial score (nSPS) is 15.6. The Morgan fingerprint density at radius 1 is 1.11 bits per heavy atom. The van der Waals surface area contributed by atoms with Crippen molar-refractivity contribution in [2.45, 2.75) is 13.0 Å². The van der Waals surface area contributed by atoms with Crippen LogP contribution < -0.4 is 10.1 Å². The van der Waals surface area contributed by atoms with Crippen LogP contribution in [-0.4, -0.2) is 52.6 Å². The summed E-state index contributed by atoms with van der Waals surface area (Å²) in [7, 11) is 1.51. The van der Waals surface area contributed by atoms with E-state index in [0.717, 1.165) is 64.2 Å². The van der Waals surface area contributed by atoms with Gasteiger partial charge in [0.15, 0.2) is 0 Å². The summed E-state index contributed by atoms with van der Waals surface area (Å²) in [6.07, 6.45) is 3.31. The second kappa shape index (κ2) is 9.53. The Labute approximate surface area is 204 Å². The van der Waals surface area contributed by atoms with Crippen LogP contribution in [0.15, 0.2) is 67.6 Å². The van der Waals surface area contributed by atoms with Gasteiger partial charge in [-0.15, -0.1) is 0 Å². The van der Waals surface area contributed by atoms with E-state index in [2.05, 4.69) is 69.0 Å². The minimum absolute atomic E-state index is 0.317. The summed E-state index contributed by atoms with van der Waals surface area (Å²) in [6, 6.07) is 18.7. The van der Waals surface area contributed by atoms with Gasteiger partial charge in [0.05, 0.1) is 18.3 Å². The molecular formula is C28H26N6O. The van der Waals surface area contributed by atoms with Crippen molar-refractivity contribution in [3.8, 4) is 34.3 Å². The molecule has 1 saturated heterocycles. The molecule has 1 aliphatic rings. The maximum Gasteiger partial charge on any atom is 0.231 e. The van der Waals surface area contributed by atoms with Crippen molar-refractivity contribution in [1.82, 2.24) is 25.2 Å². The van der Waals surface area contributed by atoms with Gasteiger partial charge in [0.25, 0.3) is 0 Å². The third-order valence-electron chi connectivity index (χ3n) is 6.35. The number of nitrogens with zero attached hydrogens (tertiary/aromatic N) is 5. The number of benzene rings is 2. The molecule has 0 bridgehead atoms. The Morgan fingerprint density at radius 3 is 2.80 bits per heavy atom. The summed E-state index contributed by atoms with van der Waals surface area (Å²) in [5.74, 6) is 0.317. The van der Waals surface area contributed by atoms with Gasteiger partial charge in [0.2, 0.25) is 5.88 Å². The molecule has 1 N–H and O–H groups in total. The van der Waals surface area contributed by atoms with Crippen molar-refractivity contribution in [2.75, 3.05) is 26.7 Å². The summed E-state index contributed by atoms with van der Waals surface area (Å²) >= 11 is 0. The van der Waals surface area contributed by atoms with Gasteiger partial charge < -0.3 is 15.0 Å². The topological polar surface area (TPSA) is 87.0 Å². The summed E-state index contributed by atoms with van der Waals surface area (Å²) in [5.41, 5.74) is 6.95. The first-order chi connectivity index (χ1) is 17.1. The summed E-state index contributed by atoms with van der Waals surface area (Å²) < 4.78 is 5.19. The van der Waals surface area contributed by atoms with Crippen LogP contribution in [-0.2, 0) is 0 Å². The van der Waals surface area contributed by atoms with Gasteiger partial charge in [0, 0.05) is 54.1 Å². The van der Waals surface area contributed by atoms with Crippen LogP contribution in [0.25, 0.3) is 39.0 Å². The number of ether oxygens (including phenoxy) is 1. The molecule has 0 spiro atoms. The van der Waals surface area contributed by atoms with E-state index in [9.17, 15) is 5.26 Å². The van der Waals surface area contributed by atoms with Crippen LogP contribution in [0.1, 0.15) is 18.1 Å². The number of hydrogen-bond acceptors (Lipinski definition) is 7. The summed E-state index contributed by atoms with van der Waals surface area (Å²) in [4.78, 5) is 15.7. The fourth-order valence-electron chi connectivity index (χ4n) is 4.53. The van der Waals surface area contributed by atoms with Crippen LogP contribution in [0.3, 0.4) is 0 Å². The number of nitrogens with one attached hydrogen (secondary N) is 1. The molecule has 7 heteroatoms. The van der Waals surface area contributed by atoms with Gasteiger partial charge in [-0.05, 0) is 42.3 Å². The Hall–Kier alpha value is -4.28. The number of methoxy groups -OCH3 is 1. The van der Waals surface area contributed by atoms with E-state index in [1.807, 2.05) is 18.2 Å². The van der Waals surface area contributed by atoms with Crippen LogP contribution in [0.4, 0.5) is 0 Å². The van der Waals surface area contributed by atoms with Gasteiger partial charge in [0.1, 0.15) is 18.0 Å². The van der Waals surface area contributed by atoms with Crippen molar-refractivity contribution in [3.63, 3.8) is 0 Å². The molecule has 0 aliphatic carbocycles. The lowest BCUT2D eigenvalue weighted by atomic mass is 9.99. The van der Waals surface area contributed by atoms with Crippen molar-refractivity contribution in [2.24, 2.45) is 0 Å². The second-order valence-electron chi connectivity index (χ2n) is 8.68. The fourth-order valence-corrected chi connectivity index (χ4v) is 4.53. The lowest BCUT2D eigenvalue weighted by molar-refractivity contribution is 0.290.